The van der Waals surface area contributed by atoms with Crippen LogP contribution in [0.25, 0.3) is 27.8 Å². The Hall–Kier alpha value is -4.19. The molecule has 2 fully saturated rings. The van der Waals surface area contributed by atoms with Crippen LogP contribution in [0.15, 0.2) is 90.2 Å². The second-order valence-electron chi connectivity index (χ2n) is 10.4. The fourth-order valence-electron chi connectivity index (χ4n) is 5.22. The third-order valence-electron chi connectivity index (χ3n) is 7.80. The second-order valence-corrected chi connectivity index (χ2v) is 10.4. The summed E-state index contributed by atoms with van der Waals surface area (Å²) in [6.07, 6.45) is 9.05. The molecule has 0 spiro atoms. The number of carbonyl (C=O) groups is 1. The fourth-order valence-corrected chi connectivity index (χ4v) is 5.22. The number of aliphatic hydroxyl groups is 1. The average molecular weight is 492 g/mol. The number of nitrogens with zero attached hydrogens (tertiary/aromatic N) is 2. The summed E-state index contributed by atoms with van der Waals surface area (Å²) in [5.41, 5.74) is 4.22. The van der Waals surface area contributed by atoms with E-state index in [1.807, 2.05) is 28.8 Å². The smallest absolute Gasteiger partial charge is 0.257 e. The number of rotatable bonds is 7. The number of fused-ring (bicyclic) bond motifs is 1. The summed E-state index contributed by atoms with van der Waals surface area (Å²) in [7, 11) is 0. The van der Waals surface area contributed by atoms with Gasteiger partial charge in [-0.2, -0.15) is 0 Å². The molecule has 186 valence electrons. The Morgan fingerprint density at radius 1 is 1.08 bits per heavy atom. The number of aliphatic hydroxyl groups excluding tert-OH is 1. The van der Waals surface area contributed by atoms with Gasteiger partial charge in [0.25, 0.3) is 5.91 Å². The molecule has 0 aliphatic heterocycles. The molecule has 2 N–H and O–H groups in total. The molecule has 2 aromatic carbocycles. The number of aromatic nitrogens is 2. The van der Waals surface area contributed by atoms with Crippen LogP contribution in [0.2, 0.25) is 0 Å². The standard InChI is InChI=1S/C31H29N3O3/c1-20(35)31(14-4-15-31)18-21-8-10-22(11-9-21)23-5-2-6-25(17-23)34-19-27(30(37)33-24-12-13-24)28(36)26-7-3-16-32-29(26)34/h2-3,5-11,16-17,19,24,35H,1,4,12-15,18H2,(H,33,37). The lowest BCUT2D eigenvalue weighted by Crippen LogP contribution is -2.33. The SMILES string of the molecule is C=C(O)C1(Cc2ccc(-c3cccc(-n4cc(C(=O)NC5CC5)c(=O)c5cccnc54)c3)cc2)CCC1. The summed E-state index contributed by atoms with van der Waals surface area (Å²) in [4.78, 5) is 30.4. The Kier molecular flexibility index (Phi) is 5.67. The van der Waals surface area contributed by atoms with Gasteiger partial charge in [-0.1, -0.05) is 49.4 Å². The van der Waals surface area contributed by atoms with E-state index in [9.17, 15) is 14.7 Å². The molecule has 4 aromatic rings. The molecular formula is C31H29N3O3. The summed E-state index contributed by atoms with van der Waals surface area (Å²) in [5.74, 6) is -0.0452. The van der Waals surface area contributed by atoms with E-state index in [1.165, 1.54) is 5.56 Å². The number of hydrogen-bond acceptors (Lipinski definition) is 4. The van der Waals surface area contributed by atoms with Gasteiger partial charge in [0.2, 0.25) is 5.43 Å². The minimum Gasteiger partial charge on any atom is -0.512 e. The Balaban J connectivity index is 1.35. The molecule has 0 saturated heterocycles. The van der Waals surface area contributed by atoms with Crippen LogP contribution in [0.1, 0.15) is 48.0 Å². The van der Waals surface area contributed by atoms with Gasteiger partial charge < -0.3 is 15.0 Å². The summed E-state index contributed by atoms with van der Waals surface area (Å²) in [6, 6.07) is 20.0. The average Bonchev–Trinajstić information content (AvgIpc) is 3.71. The highest BCUT2D eigenvalue weighted by Gasteiger charge is 2.40. The van der Waals surface area contributed by atoms with Crippen LogP contribution in [0, 0.1) is 5.41 Å². The lowest BCUT2D eigenvalue weighted by atomic mass is 9.64. The number of nitrogens with one attached hydrogen (secondary N) is 1. The number of hydrogen-bond donors (Lipinski definition) is 2. The largest absolute Gasteiger partial charge is 0.512 e. The highest BCUT2D eigenvalue weighted by molar-refractivity contribution is 5.97. The maximum Gasteiger partial charge on any atom is 0.257 e. The first-order chi connectivity index (χ1) is 17.9. The molecule has 0 radical (unpaired) electrons. The van der Waals surface area contributed by atoms with Crippen molar-refractivity contribution >= 4 is 16.9 Å². The topological polar surface area (TPSA) is 84.2 Å². The Bertz CT molecular complexity index is 1580. The fraction of sp³-hybridized carbons (Fsp3) is 0.258. The maximum atomic E-state index is 13.1. The summed E-state index contributed by atoms with van der Waals surface area (Å²) in [6.45, 7) is 3.81. The van der Waals surface area contributed by atoms with E-state index < -0.39 is 0 Å². The molecule has 2 aliphatic carbocycles. The van der Waals surface area contributed by atoms with Crippen LogP contribution in [-0.4, -0.2) is 26.6 Å². The van der Waals surface area contributed by atoms with E-state index >= 15 is 0 Å². The Morgan fingerprint density at radius 3 is 2.54 bits per heavy atom. The van der Waals surface area contributed by atoms with Crippen molar-refractivity contribution < 1.29 is 9.90 Å². The second kappa shape index (κ2) is 9.04. The molecule has 0 unspecified atom stereocenters. The molecule has 0 bridgehead atoms. The van der Waals surface area contributed by atoms with Crippen molar-refractivity contribution in [3.63, 3.8) is 0 Å². The molecule has 1 amide bonds. The van der Waals surface area contributed by atoms with Crippen molar-refractivity contribution in [3.05, 3.63) is 107 Å². The number of benzene rings is 2. The van der Waals surface area contributed by atoms with Gasteiger partial charge in [-0.15, -0.1) is 0 Å². The normalized spacial score (nSPS) is 16.2. The van der Waals surface area contributed by atoms with Crippen LogP contribution < -0.4 is 10.7 Å². The third kappa shape index (κ3) is 4.33. The molecule has 6 nitrogen and oxygen atoms in total. The van der Waals surface area contributed by atoms with Gasteiger partial charge in [-0.05, 0) is 73.1 Å². The van der Waals surface area contributed by atoms with Crippen LogP contribution >= 0.6 is 0 Å². The van der Waals surface area contributed by atoms with Crippen molar-refractivity contribution in [2.75, 3.05) is 0 Å². The zero-order valence-corrected chi connectivity index (χ0v) is 20.6. The maximum absolute atomic E-state index is 13.1. The molecule has 2 aromatic heterocycles. The third-order valence-corrected chi connectivity index (χ3v) is 7.80. The van der Waals surface area contributed by atoms with Gasteiger partial charge >= 0.3 is 0 Å². The quantitative estimate of drug-likeness (QED) is 0.324. The van der Waals surface area contributed by atoms with E-state index in [-0.39, 0.29) is 28.4 Å². The first kappa shape index (κ1) is 23.2. The first-order valence-corrected chi connectivity index (χ1v) is 12.8. The van der Waals surface area contributed by atoms with E-state index in [0.29, 0.717) is 16.8 Å². The molecular weight excluding hydrogens is 462 g/mol. The molecule has 0 atom stereocenters. The minimum absolute atomic E-state index is 0.123. The number of carbonyl (C=O) groups excluding carboxylic acids is 1. The van der Waals surface area contributed by atoms with Crippen molar-refractivity contribution in [1.29, 1.82) is 0 Å². The van der Waals surface area contributed by atoms with Crippen molar-refractivity contribution in [2.24, 2.45) is 5.41 Å². The van der Waals surface area contributed by atoms with Gasteiger partial charge in [0, 0.05) is 29.5 Å². The van der Waals surface area contributed by atoms with Crippen LogP contribution in [0.5, 0.6) is 0 Å². The van der Waals surface area contributed by atoms with Gasteiger partial charge in [0.15, 0.2) is 0 Å². The summed E-state index contributed by atoms with van der Waals surface area (Å²) < 4.78 is 1.82. The first-order valence-electron chi connectivity index (χ1n) is 12.8. The lowest BCUT2D eigenvalue weighted by molar-refractivity contribution is 0.0949. The lowest BCUT2D eigenvalue weighted by Gasteiger charge is -2.41. The van der Waals surface area contributed by atoms with E-state index in [4.69, 9.17) is 0 Å². The predicted octanol–water partition coefficient (Wildman–Crippen LogP) is 5.73. The van der Waals surface area contributed by atoms with Crippen molar-refractivity contribution in [1.82, 2.24) is 14.9 Å². The van der Waals surface area contributed by atoms with Gasteiger partial charge in [-0.25, -0.2) is 4.98 Å². The van der Waals surface area contributed by atoms with Gasteiger partial charge in [0.1, 0.15) is 11.2 Å². The van der Waals surface area contributed by atoms with Crippen LogP contribution in [0.4, 0.5) is 0 Å². The minimum atomic E-state index is -0.339. The Morgan fingerprint density at radius 2 is 1.86 bits per heavy atom. The molecule has 2 saturated carbocycles. The number of pyridine rings is 2. The van der Waals surface area contributed by atoms with Crippen LogP contribution in [-0.2, 0) is 6.42 Å². The zero-order chi connectivity index (χ0) is 25.6. The molecule has 2 aliphatic rings. The molecule has 2 heterocycles. The van der Waals surface area contributed by atoms with E-state index in [0.717, 1.165) is 55.3 Å². The predicted molar refractivity (Wildman–Crippen MR) is 145 cm³/mol. The number of allylic oxidation sites excluding steroid dienone is 1. The van der Waals surface area contributed by atoms with Gasteiger partial charge in [0.05, 0.1) is 11.1 Å². The Labute approximate surface area is 215 Å². The van der Waals surface area contributed by atoms with Crippen molar-refractivity contribution in [3.8, 4) is 16.8 Å². The molecule has 37 heavy (non-hydrogen) atoms. The number of amides is 1. The van der Waals surface area contributed by atoms with Crippen molar-refractivity contribution in [2.45, 2.75) is 44.6 Å². The summed E-state index contributed by atoms with van der Waals surface area (Å²) in [5, 5.41) is 13.4. The van der Waals surface area contributed by atoms with Crippen LogP contribution in [0.3, 0.4) is 0 Å². The zero-order valence-electron chi connectivity index (χ0n) is 20.6. The highest BCUT2D eigenvalue weighted by Crippen LogP contribution is 2.48. The molecule has 6 heteroatoms. The monoisotopic (exact) mass is 491 g/mol. The van der Waals surface area contributed by atoms with E-state index in [2.05, 4.69) is 41.1 Å². The summed E-state index contributed by atoms with van der Waals surface area (Å²) >= 11 is 0. The van der Waals surface area contributed by atoms with E-state index in [1.54, 1.807) is 24.5 Å². The molecule has 6 rings (SSSR count). The highest BCUT2D eigenvalue weighted by atomic mass is 16.3. The van der Waals surface area contributed by atoms with Gasteiger partial charge in [-0.3, -0.25) is 9.59 Å².